The van der Waals surface area contributed by atoms with Gasteiger partial charge in [-0.15, -0.1) is 0 Å². The Morgan fingerprint density at radius 3 is 2.60 bits per heavy atom. The van der Waals surface area contributed by atoms with E-state index in [-0.39, 0.29) is 4.90 Å². The Bertz CT molecular complexity index is 625. The smallest absolute Gasteiger partial charge is 0.261 e. The van der Waals surface area contributed by atoms with Crippen LogP contribution in [0.4, 0.5) is 0 Å². The minimum absolute atomic E-state index is 0.0322. The summed E-state index contributed by atoms with van der Waals surface area (Å²) < 4.78 is 22.2. The van der Waals surface area contributed by atoms with E-state index in [1.165, 1.54) is 18.3 Å². The van der Waals surface area contributed by atoms with Crippen LogP contribution in [0, 0.1) is 0 Å². The third kappa shape index (κ3) is 2.07. The van der Waals surface area contributed by atoms with E-state index in [4.69, 9.17) is 22.3 Å². The highest BCUT2D eigenvalue weighted by Crippen LogP contribution is 2.26. The fraction of sp³-hybridized carbons (Fsp3) is 0. The largest absolute Gasteiger partial charge is 0.263 e. The highest BCUT2D eigenvalue weighted by Gasteiger charge is 2.11. The summed E-state index contributed by atoms with van der Waals surface area (Å²) in [6, 6.07) is 4.47. The molecule has 6 heteroatoms. The fourth-order valence-corrected chi connectivity index (χ4v) is 2.26. The van der Waals surface area contributed by atoms with Gasteiger partial charge in [-0.1, -0.05) is 17.7 Å². The van der Waals surface area contributed by atoms with Crippen molar-refractivity contribution < 1.29 is 8.42 Å². The lowest BCUT2D eigenvalue weighted by Gasteiger charge is -2.01. The topological polar surface area (TPSA) is 47.0 Å². The van der Waals surface area contributed by atoms with Gasteiger partial charge in [-0.3, -0.25) is 4.98 Å². The van der Waals surface area contributed by atoms with Crippen molar-refractivity contribution in [2.45, 2.75) is 4.90 Å². The van der Waals surface area contributed by atoms with Gasteiger partial charge in [0, 0.05) is 33.8 Å². The summed E-state index contributed by atoms with van der Waals surface area (Å²) in [5.41, 5.74) is 0. The van der Waals surface area contributed by atoms with E-state index in [0.29, 0.717) is 10.4 Å². The van der Waals surface area contributed by atoms with Gasteiger partial charge in [-0.25, -0.2) is 8.42 Å². The summed E-state index contributed by atoms with van der Waals surface area (Å²) in [5.74, 6) is 0. The summed E-state index contributed by atoms with van der Waals surface area (Å²) in [6.45, 7) is 0. The average Bonchev–Trinajstić information content (AvgIpc) is 2.16. The summed E-state index contributed by atoms with van der Waals surface area (Å²) in [6.07, 6.45) is 3.06. The molecule has 0 fully saturated rings. The first-order chi connectivity index (χ1) is 6.98. The van der Waals surface area contributed by atoms with Crippen LogP contribution >= 0.6 is 22.3 Å². The molecule has 0 radical (unpaired) electrons. The predicted octanol–water partition coefficient (Wildman–Crippen LogP) is 2.82. The Labute approximate surface area is 96.1 Å². The summed E-state index contributed by atoms with van der Waals surface area (Å²) in [5, 5.41) is 1.79. The van der Waals surface area contributed by atoms with Gasteiger partial charge in [0.05, 0.1) is 9.92 Å². The molecule has 1 aromatic carbocycles. The molecule has 2 rings (SSSR count). The molecular weight excluding hydrogens is 257 g/mol. The molecule has 0 aliphatic heterocycles. The maximum absolute atomic E-state index is 11.1. The third-order valence-electron chi connectivity index (χ3n) is 1.97. The SMILES string of the molecule is O=S(=O)(Cl)c1ccc2cncc(Cl)c2c1. The Morgan fingerprint density at radius 1 is 1.20 bits per heavy atom. The van der Waals surface area contributed by atoms with Gasteiger partial charge in [0.15, 0.2) is 0 Å². The van der Waals surface area contributed by atoms with Gasteiger partial charge in [0.25, 0.3) is 9.05 Å². The molecule has 0 aliphatic rings. The van der Waals surface area contributed by atoms with Crippen molar-refractivity contribution in [1.29, 1.82) is 0 Å². The molecule has 0 N–H and O–H groups in total. The normalized spacial score (nSPS) is 11.9. The molecule has 0 unspecified atom stereocenters. The number of hydrogen-bond donors (Lipinski definition) is 0. The number of rotatable bonds is 1. The van der Waals surface area contributed by atoms with Crippen molar-refractivity contribution in [1.82, 2.24) is 4.98 Å². The molecule has 1 heterocycles. The summed E-state index contributed by atoms with van der Waals surface area (Å²) >= 11 is 5.88. The molecule has 0 aliphatic carbocycles. The van der Waals surface area contributed by atoms with Gasteiger partial charge in [0.2, 0.25) is 0 Å². The quantitative estimate of drug-likeness (QED) is 0.742. The van der Waals surface area contributed by atoms with Crippen LogP contribution in [0.3, 0.4) is 0 Å². The molecule has 0 spiro atoms. The van der Waals surface area contributed by atoms with Crippen molar-refractivity contribution in [2.24, 2.45) is 0 Å². The van der Waals surface area contributed by atoms with Crippen molar-refractivity contribution in [3.8, 4) is 0 Å². The Balaban J connectivity index is 2.81. The maximum atomic E-state index is 11.1. The summed E-state index contributed by atoms with van der Waals surface area (Å²) in [4.78, 5) is 3.92. The van der Waals surface area contributed by atoms with Gasteiger partial charge >= 0.3 is 0 Å². The number of aromatic nitrogens is 1. The molecule has 15 heavy (non-hydrogen) atoms. The van der Waals surface area contributed by atoms with Crippen LogP contribution in [0.5, 0.6) is 0 Å². The zero-order valence-corrected chi connectivity index (χ0v) is 9.64. The Hall–Kier alpha value is -0.840. The second-order valence-corrected chi connectivity index (χ2v) is 5.92. The van der Waals surface area contributed by atoms with E-state index < -0.39 is 9.05 Å². The Morgan fingerprint density at radius 2 is 1.93 bits per heavy atom. The van der Waals surface area contributed by atoms with Crippen LogP contribution in [0.25, 0.3) is 10.8 Å². The first kappa shape index (κ1) is 10.7. The molecule has 3 nitrogen and oxygen atoms in total. The summed E-state index contributed by atoms with van der Waals surface area (Å²) in [7, 11) is 1.51. The lowest BCUT2D eigenvalue weighted by Crippen LogP contribution is -1.90. The predicted molar refractivity (Wildman–Crippen MR) is 59.8 cm³/mol. The first-order valence-corrected chi connectivity index (χ1v) is 6.65. The standard InChI is InChI=1S/C9H5Cl2NO2S/c10-9-5-12-4-6-1-2-7(3-8(6)9)15(11,13)14/h1-5H. The van der Waals surface area contributed by atoms with Crippen molar-refractivity contribution >= 4 is 42.1 Å². The molecule has 0 atom stereocenters. The lowest BCUT2D eigenvalue weighted by atomic mass is 10.2. The second-order valence-electron chi connectivity index (χ2n) is 2.94. The molecule has 1 aromatic heterocycles. The van der Waals surface area contributed by atoms with Crippen LogP contribution in [0.2, 0.25) is 5.02 Å². The maximum Gasteiger partial charge on any atom is 0.261 e. The number of benzene rings is 1. The number of fused-ring (bicyclic) bond motifs is 1. The van der Waals surface area contributed by atoms with Crippen LogP contribution < -0.4 is 0 Å². The monoisotopic (exact) mass is 261 g/mol. The van der Waals surface area contributed by atoms with E-state index in [1.807, 2.05) is 0 Å². The molecule has 0 bridgehead atoms. The molecule has 2 aromatic rings. The average molecular weight is 262 g/mol. The van der Waals surface area contributed by atoms with Gasteiger partial charge in [-0.2, -0.15) is 0 Å². The molecule has 0 saturated carbocycles. The number of halogens is 2. The van der Waals surface area contributed by atoms with E-state index in [0.717, 1.165) is 5.39 Å². The minimum Gasteiger partial charge on any atom is -0.263 e. The molecular formula is C9H5Cl2NO2S. The van der Waals surface area contributed by atoms with Crippen molar-refractivity contribution in [3.63, 3.8) is 0 Å². The zero-order chi connectivity index (χ0) is 11.1. The highest BCUT2D eigenvalue weighted by molar-refractivity contribution is 8.13. The van der Waals surface area contributed by atoms with Gasteiger partial charge in [0.1, 0.15) is 0 Å². The lowest BCUT2D eigenvalue weighted by molar-refractivity contribution is 0.609. The van der Waals surface area contributed by atoms with Crippen molar-refractivity contribution in [2.75, 3.05) is 0 Å². The van der Waals surface area contributed by atoms with Crippen LogP contribution in [0.15, 0.2) is 35.5 Å². The van der Waals surface area contributed by atoms with Crippen LogP contribution in [-0.4, -0.2) is 13.4 Å². The van der Waals surface area contributed by atoms with Crippen LogP contribution in [0.1, 0.15) is 0 Å². The van der Waals surface area contributed by atoms with Gasteiger partial charge in [-0.05, 0) is 12.1 Å². The van der Waals surface area contributed by atoms with Crippen molar-refractivity contribution in [3.05, 3.63) is 35.6 Å². The second kappa shape index (κ2) is 3.63. The number of nitrogens with zero attached hydrogens (tertiary/aromatic N) is 1. The zero-order valence-electron chi connectivity index (χ0n) is 7.31. The van der Waals surface area contributed by atoms with E-state index in [1.54, 1.807) is 12.3 Å². The fourth-order valence-electron chi connectivity index (χ4n) is 1.26. The molecule has 78 valence electrons. The molecule has 0 saturated heterocycles. The van der Waals surface area contributed by atoms with E-state index in [9.17, 15) is 8.42 Å². The Kier molecular flexibility index (Phi) is 2.58. The number of pyridine rings is 1. The highest BCUT2D eigenvalue weighted by atomic mass is 35.7. The van der Waals surface area contributed by atoms with Crippen LogP contribution in [-0.2, 0) is 9.05 Å². The van der Waals surface area contributed by atoms with E-state index in [2.05, 4.69) is 4.98 Å². The minimum atomic E-state index is -3.72. The van der Waals surface area contributed by atoms with E-state index >= 15 is 0 Å². The number of hydrogen-bond acceptors (Lipinski definition) is 3. The first-order valence-electron chi connectivity index (χ1n) is 3.96. The molecule has 0 amide bonds. The van der Waals surface area contributed by atoms with Gasteiger partial charge < -0.3 is 0 Å². The third-order valence-corrected chi connectivity index (χ3v) is 3.62.